The van der Waals surface area contributed by atoms with Crippen molar-refractivity contribution in [2.45, 2.75) is 27.7 Å². The van der Waals surface area contributed by atoms with Crippen molar-refractivity contribution < 1.29 is 18.7 Å². The lowest BCUT2D eigenvalue weighted by atomic mass is 9.91. The highest BCUT2D eigenvalue weighted by Gasteiger charge is 2.22. The molecule has 1 heterocycles. The van der Waals surface area contributed by atoms with Crippen molar-refractivity contribution in [3.8, 4) is 5.69 Å². The molecule has 0 aliphatic carbocycles. The zero-order chi connectivity index (χ0) is 19.5. The van der Waals surface area contributed by atoms with Crippen molar-refractivity contribution >= 4 is 29.4 Å². The smallest absolute Gasteiger partial charge is 0.331 e. The van der Waals surface area contributed by atoms with E-state index in [2.05, 4.69) is 5.10 Å². The molecule has 0 unspecified atom stereocenters. The lowest BCUT2D eigenvalue weighted by molar-refractivity contribution is -0.145. The van der Waals surface area contributed by atoms with Gasteiger partial charge in [0.05, 0.1) is 11.4 Å². The maximum absolute atomic E-state index is 13.1. The van der Waals surface area contributed by atoms with Crippen molar-refractivity contribution in [3.05, 3.63) is 52.6 Å². The summed E-state index contributed by atoms with van der Waals surface area (Å²) in [7, 11) is 0. The number of carbonyl (C=O) groups is 2. The molecule has 0 saturated heterocycles. The van der Waals surface area contributed by atoms with Crippen LogP contribution in [0.4, 0.5) is 4.39 Å². The SMILES string of the molecule is Cc1nn(-c2ccc(F)cc2)c(Cl)c1C=CC(=O)OCC(=O)C(C)(C)C. The number of aromatic nitrogens is 2. The van der Waals surface area contributed by atoms with Crippen LogP contribution < -0.4 is 0 Å². The minimum absolute atomic E-state index is 0.169. The third-order valence-electron chi connectivity index (χ3n) is 3.69. The molecule has 0 fully saturated rings. The van der Waals surface area contributed by atoms with Crippen LogP contribution in [0.25, 0.3) is 11.8 Å². The van der Waals surface area contributed by atoms with Crippen LogP contribution in [0.15, 0.2) is 30.3 Å². The van der Waals surface area contributed by atoms with Crippen LogP contribution in [0.3, 0.4) is 0 Å². The molecule has 138 valence electrons. The molecular weight excluding hydrogens is 359 g/mol. The molecule has 0 bridgehead atoms. The quantitative estimate of drug-likeness (QED) is 0.579. The van der Waals surface area contributed by atoms with Gasteiger partial charge >= 0.3 is 5.97 Å². The fourth-order valence-corrected chi connectivity index (χ4v) is 2.34. The Morgan fingerprint density at radius 1 is 1.27 bits per heavy atom. The molecule has 26 heavy (non-hydrogen) atoms. The molecule has 2 rings (SSSR count). The van der Waals surface area contributed by atoms with Crippen molar-refractivity contribution in [3.63, 3.8) is 0 Å². The molecule has 1 aromatic carbocycles. The van der Waals surface area contributed by atoms with Gasteiger partial charge in [-0.1, -0.05) is 32.4 Å². The second kappa shape index (κ2) is 7.83. The summed E-state index contributed by atoms with van der Waals surface area (Å²) in [5, 5.41) is 4.58. The average Bonchev–Trinajstić information content (AvgIpc) is 2.85. The number of hydrogen-bond donors (Lipinski definition) is 0. The van der Waals surface area contributed by atoms with E-state index in [1.807, 2.05) is 0 Å². The first-order valence-electron chi connectivity index (χ1n) is 7.99. The van der Waals surface area contributed by atoms with E-state index in [1.165, 1.54) is 29.0 Å². The molecule has 0 N–H and O–H groups in total. The number of aryl methyl sites for hydroxylation is 1. The van der Waals surface area contributed by atoms with Crippen LogP contribution in [0, 0.1) is 18.2 Å². The minimum Gasteiger partial charge on any atom is -0.455 e. The standard InChI is InChI=1S/C19H20ClFN2O3/c1-12-15(9-10-17(25)26-11-16(24)19(2,3)4)18(20)23(22-12)14-7-5-13(21)6-8-14/h5-10H,11H2,1-4H3. The highest BCUT2D eigenvalue weighted by atomic mass is 35.5. The van der Waals surface area contributed by atoms with Crippen LogP contribution in [0.1, 0.15) is 32.0 Å². The molecule has 0 atom stereocenters. The third kappa shape index (κ3) is 4.79. The van der Waals surface area contributed by atoms with Gasteiger partial charge in [0.2, 0.25) is 0 Å². The van der Waals surface area contributed by atoms with Gasteiger partial charge in [-0.3, -0.25) is 4.79 Å². The van der Waals surface area contributed by atoms with Crippen LogP contribution in [0.5, 0.6) is 0 Å². The fourth-order valence-electron chi connectivity index (χ4n) is 2.01. The van der Waals surface area contributed by atoms with Crippen LogP contribution >= 0.6 is 11.6 Å². The summed E-state index contributed by atoms with van der Waals surface area (Å²) >= 11 is 6.32. The van der Waals surface area contributed by atoms with Gasteiger partial charge in [0, 0.05) is 17.1 Å². The highest BCUT2D eigenvalue weighted by Crippen LogP contribution is 2.25. The Kier molecular flexibility index (Phi) is 5.97. The molecule has 1 aromatic heterocycles. The number of esters is 1. The Hall–Kier alpha value is -2.47. The van der Waals surface area contributed by atoms with E-state index in [0.717, 1.165) is 0 Å². The van der Waals surface area contributed by atoms with Gasteiger partial charge in [-0.25, -0.2) is 13.9 Å². The summed E-state index contributed by atoms with van der Waals surface area (Å²) in [4.78, 5) is 23.6. The Morgan fingerprint density at radius 3 is 2.46 bits per heavy atom. The van der Waals surface area contributed by atoms with Gasteiger partial charge in [0.1, 0.15) is 11.0 Å². The summed E-state index contributed by atoms with van der Waals surface area (Å²) in [6.45, 7) is 6.72. The monoisotopic (exact) mass is 378 g/mol. The lowest BCUT2D eigenvalue weighted by Crippen LogP contribution is -2.25. The van der Waals surface area contributed by atoms with Crippen LogP contribution in [-0.4, -0.2) is 28.1 Å². The normalized spacial score (nSPS) is 11.8. The summed E-state index contributed by atoms with van der Waals surface area (Å²) in [5.41, 5.74) is 1.15. The van der Waals surface area contributed by atoms with Gasteiger partial charge in [-0.05, 0) is 37.3 Å². The van der Waals surface area contributed by atoms with Crippen molar-refractivity contribution in [2.75, 3.05) is 6.61 Å². The second-order valence-corrected chi connectivity index (χ2v) is 7.15. The van der Waals surface area contributed by atoms with Gasteiger partial charge < -0.3 is 4.74 Å². The molecule has 0 amide bonds. The third-order valence-corrected chi connectivity index (χ3v) is 4.05. The number of Topliss-reactive ketones (excluding diaryl/α,β-unsaturated/α-hetero) is 1. The van der Waals surface area contributed by atoms with Crippen molar-refractivity contribution in [1.29, 1.82) is 0 Å². The van der Waals surface area contributed by atoms with E-state index < -0.39 is 11.4 Å². The first-order valence-corrected chi connectivity index (χ1v) is 8.36. The summed E-state index contributed by atoms with van der Waals surface area (Å²) < 4.78 is 19.4. The maximum atomic E-state index is 13.1. The summed E-state index contributed by atoms with van der Waals surface area (Å²) in [5.74, 6) is -1.17. The predicted octanol–water partition coefficient (Wildman–Crippen LogP) is 4.14. The summed E-state index contributed by atoms with van der Waals surface area (Å²) in [6, 6.07) is 5.71. The van der Waals surface area contributed by atoms with Gasteiger partial charge in [0.15, 0.2) is 12.4 Å². The van der Waals surface area contributed by atoms with E-state index >= 15 is 0 Å². The van der Waals surface area contributed by atoms with Gasteiger partial charge in [0.25, 0.3) is 0 Å². The summed E-state index contributed by atoms with van der Waals surface area (Å²) in [6.07, 6.45) is 2.68. The van der Waals surface area contributed by atoms with Crippen LogP contribution in [-0.2, 0) is 14.3 Å². The molecule has 0 aliphatic heterocycles. The number of carbonyl (C=O) groups excluding carboxylic acids is 2. The molecule has 7 heteroatoms. The van der Waals surface area contributed by atoms with Crippen molar-refractivity contribution in [1.82, 2.24) is 9.78 Å². The number of hydrogen-bond acceptors (Lipinski definition) is 4. The van der Waals surface area contributed by atoms with E-state index in [0.29, 0.717) is 16.9 Å². The van der Waals surface area contributed by atoms with E-state index in [9.17, 15) is 14.0 Å². The molecule has 0 radical (unpaired) electrons. The predicted molar refractivity (Wildman–Crippen MR) is 97.7 cm³/mol. The number of ketones is 1. The second-order valence-electron chi connectivity index (χ2n) is 6.79. The van der Waals surface area contributed by atoms with Gasteiger partial charge in [-0.15, -0.1) is 0 Å². The Morgan fingerprint density at radius 2 is 1.88 bits per heavy atom. The highest BCUT2D eigenvalue weighted by molar-refractivity contribution is 6.31. The van der Waals surface area contributed by atoms with Gasteiger partial charge in [-0.2, -0.15) is 5.10 Å². The molecule has 2 aromatic rings. The number of rotatable bonds is 5. The maximum Gasteiger partial charge on any atom is 0.331 e. The molecule has 0 spiro atoms. The molecule has 0 aliphatic rings. The Labute approximate surface area is 156 Å². The number of halogens is 2. The number of ether oxygens (including phenoxy) is 1. The zero-order valence-electron chi connectivity index (χ0n) is 15.0. The number of nitrogens with zero attached hydrogens (tertiary/aromatic N) is 2. The van der Waals surface area contributed by atoms with E-state index in [-0.39, 0.29) is 23.4 Å². The Balaban J connectivity index is 2.12. The molecule has 5 nitrogen and oxygen atoms in total. The van der Waals surface area contributed by atoms with Crippen molar-refractivity contribution in [2.24, 2.45) is 5.41 Å². The van der Waals surface area contributed by atoms with Crippen LogP contribution in [0.2, 0.25) is 5.15 Å². The first kappa shape index (κ1) is 19.8. The largest absolute Gasteiger partial charge is 0.455 e. The average molecular weight is 379 g/mol. The Bertz CT molecular complexity index is 849. The number of benzene rings is 1. The first-order chi connectivity index (χ1) is 12.1. The molecular formula is C19H20ClFN2O3. The zero-order valence-corrected chi connectivity index (χ0v) is 15.8. The topological polar surface area (TPSA) is 61.2 Å². The fraction of sp³-hybridized carbons (Fsp3) is 0.316. The lowest BCUT2D eigenvalue weighted by Gasteiger charge is -2.15. The van der Waals surface area contributed by atoms with E-state index in [4.69, 9.17) is 16.3 Å². The van der Waals surface area contributed by atoms with E-state index in [1.54, 1.807) is 39.8 Å². The minimum atomic E-state index is -0.646. The molecule has 0 saturated carbocycles.